The monoisotopic (exact) mass is 515 g/mol. The maximum absolute atomic E-state index is 5.73. The van der Waals surface area contributed by atoms with Crippen LogP contribution in [0.3, 0.4) is 0 Å². The first-order chi connectivity index (χ1) is 18.5. The lowest BCUT2D eigenvalue weighted by molar-refractivity contribution is 0.0985. The molecule has 38 heavy (non-hydrogen) atoms. The van der Waals surface area contributed by atoms with Crippen molar-refractivity contribution >= 4 is 22.8 Å². The number of aryl methyl sites for hydroxylation is 1. The molecule has 0 amide bonds. The van der Waals surface area contributed by atoms with Gasteiger partial charge in [0.1, 0.15) is 5.82 Å². The van der Waals surface area contributed by atoms with Crippen molar-refractivity contribution in [1.82, 2.24) is 34.6 Å². The zero-order valence-corrected chi connectivity index (χ0v) is 22.7. The molecule has 0 aliphatic carbocycles. The number of para-hydroxylation sites is 2. The Labute approximate surface area is 223 Å². The van der Waals surface area contributed by atoms with E-state index in [4.69, 9.17) is 24.8 Å². The number of fused-ring (bicyclic) bond motifs is 1. The number of anilines is 2. The Kier molecular flexibility index (Phi) is 6.75. The van der Waals surface area contributed by atoms with Crippen molar-refractivity contribution in [2.75, 3.05) is 50.1 Å². The lowest BCUT2D eigenvalue weighted by atomic mass is 10.00. The van der Waals surface area contributed by atoms with Gasteiger partial charge in [-0.1, -0.05) is 12.1 Å². The number of ether oxygens (including phenoxy) is 1. The van der Waals surface area contributed by atoms with Gasteiger partial charge < -0.3 is 20.3 Å². The number of piperidine rings is 1. The van der Waals surface area contributed by atoms with Crippen LogP contribution in [0.1, 0.15) is 31.2 Å². The summed E-state index contributed by atoms with van der Waals surface area (Å²) in [5, 5.41) is 11.7. The van der Waals surface area contributed by atoms with Crippen molar-refractivity contribution in [2.24, 2.45) is 5.92 Å². The Morgan fingerprint density at radius 2 is 2.03 bits per heavy atom. The van der Waals surface area contributed by atoms with Crippen LogP contribution in [0.15, 0.2) is 30.3 Å². The Hall–Kier alpha value is -3.50. The first-order valence-corrected chi connectivity index (χ1v) is 13.7. The minimum Gasteiger partial charge on any atom is -0.377 e. The summed E-state index contributed by atoms with van der Waals surface area (Å²) in [7, 11) is 1.88. The topological polar surface area (TPSA) is 98.0 Å². The molecule has 1 aromatic carbocycles. The lowest BCUT2D eigenvalue weighted by Gasteiger charge is -2.34. The number of nitrogens with one attached hydrogen (secondary N) is 2. The van der Waals surface area contributed by atoms with Crippen molar-refractivity contribution < 1.29 is 4.74 Å². The third-order valence-corrected chi connectivity index (χ3v) is 7.81. The van der Waals surface area contributed by atoms with Gasteiger partial charge in [-0.25, -0.2) is 14.5 Å². The molecule has 2 fully saturated rings. The van der Waals surface area contributed by atoms with Crippen LogP contribution in [-0.4, -0.2) is 75.2 Å². The Bertz CT molecular complexity index is 1440. The fourth-order valence-corrected chi connectivity index (χ4v) is 5.83. The molecule has 2 aliphatic rings. The predicted octanol–water partition coefficient (Wildman–Crippen LogP) is 3.56. The maximum atomic E-state index is 5.73. The highest BCUT2D eigenvalue weighted by atomic mass is 16.5. The van der Waals surface area contributed by atoms with E-state index in [9.17, 15) is 0 Å². The summed E-state index contributed by atoms with van der Waals surface area (Å²) in [4.78, 5) is 17.4. The molecule has 0 bridgehead atoms. The van der Waals surface area contributed by atoms with Gasteiger partial charge in [-0.2, -0.15) is 10.1 Å². The molecule has 2 saturated heterocycles. The molecule has 1 unspecified atom stereocenters. The highest BCUT2D eigenvalue weighted by Crippen LogP contribution is 2.32. The Morgan fingerprint density at radius 1 is 1.16 bits per heavy atom. The van der Waals surface area contributed by atoms with Gasteiger partial charge in [0.05, 0.1) is 41.7 Å². The summed E-state index contributed by atoms with van der Waals surface area (Å²) in [5.41, 5.74) is 5.95. The average Bonchev–Trinajstić information content (AvgIpc) is 3.45. The number of morpholine rings is 1. The first-order valence-electron chi connectivity index (χ1n) is 13.7. The Morgan fingerprint density at radius 3 is 2.82 bits per heavy atom. The minimum atomic E-state index is 0.214. The van der Waals surface area contributed by atoms with E-state index in [1.165, 1.54) is 12.8 Å². The van der Waals surface area contributed by atoms with Crippen LogP contribution in [0, 0.1) is 19.8 Å². The number of rotatable bonds is 6. The van der Waals surface area contributed by atoms with Gasteiger partial charge in [0.2, 0.25) is 11.9 Å². The normalized spacial score (nSPS) is 20.3. The van der Waals surface area contributed by atoms with Crippen LogP contribution in [-0.2, 0) is 11.3 Å². The second-order valence-electron chi connectivity index (χ2n) is 10.5. The van der Waals surface area contributed by atoms with E-state index < -0.39 is 0 Å². The molecule has 10 heteroatoms. The summed E-state index contributed by atoms with van der Waals surface area (Å²) in [6.07, 6.45) is 2.46. The number of nitrogens with zero attached hydrogens (tertiary/aromatic N) is 7. The van der Waals surface area contributed by atoms with Gasteiger partial charge in [0.25, 0.3) is 0 Å². The van der Waals surface area contributed by atoms with Crippen LogP contribution in [0.25, 0.3) is 28.2 Å². The first kappa shape index (κ1) is 24.8. The summed E-state index contributed by atoms with van der Waals surface area (Å²) < 4.78 is 9.91. The standard InChI is InChI=1S/C28H37N9O/c1-18-17-38-13-12-35(18)25-14-23(26-19(2)34-36(20(26)3)16-21-8-7-11-30-15-21)32-28(33-25)37-24-10-6-5-9-22(24)31-27(37)29-4/h5-6,9-10,14,18,21,30H,7-8,11-13,15-17H2,1-4H3,(H,29,31)/t18-,21?/m1/s1. The summed E-state index contributed by atoms with van der Waals surface area (Å²) in [5.74, 6) is 2.79. The lowest BCUT2D eigenvalue weighted by Crippen LogP contribution is -2.44. The molecule has 4 aromatic rings. The van der Waals surface area contributed by atoms with Crippen LogP contribution in [0.2, 0.25) is 0 Å². The summed E-state index contributed by atoms with van der Waals surface area (Å²) in [6, 6.07) is 10.4. The van der Waals surface area contributed by atoms with Crippen molar-refractivity contribution in [3.63, 3.8) is 0 Å². The highest BCUT2D eigenvalue weighted by molar-refractivity contribution is 5.81. The van der Waals surface area contributed by atoms with E-state index in [1.54, 1.807) is 0 Å². The average molecular weight is 516 g/mol. The fourth-order valence-electron chi connectivity index (χ4n) is 5.83. The molecule has 0 radical (unpaired) electrons. The fraction of sp³-hybridized carbons (Fsp3) is 0.500. The molecule has 2 atom stereocenters. The second-order valence-corrected chi connectivity index (χ2v) is 10.5. The number of hydrogen-bond donors (Lipinski definition) is 2. The van der Waals surface area contributed by atoms with Crippen LogP contribution in [0.5, 0.6) is 0 Å². The molecule has 2 N–H and O–H groups in total. The number of aromatic nitrogens is 6. The van der Waals surface area contributed by atoms with E-state index in [0.29, 0.717) is 31.0 Å². The largest absolute Gasteiger partial charge is 0.377 e. The zero-order valence-electron chi connectivity index (χ0n) is 22.7. The SMILES string of the molecule is CNc1nc2ccccc2n1-c1nc(-c2c(C)nn(CC3CCCNC3)c2C)cc(N2CCOC[C@H]2C)n1. The van der Waals surface area contributed by atoms with Gasteiger partial charge >= 0.3 is 0 Å². The quantitative estimate of drug-likeness (QED) is 0.402. The van der Waals surface area contributed by atoms with Crippen molar-refractivity contribution in [1.29, 1.82) is 0 Å². The van der Waals surface area contributed by atoms with Crippen molar-refractivity contribution in [2.45, 2.75) is 46.2 Å². The van der Waals surface area contributed by atoms with Crippen LogP contribution in [0.4, 0.5) is 11.8 Å². The molecular weight excluding hydrogens is 478 g/mol. The molecular formula is C28H37N9O. The molecule has 3 aromatic heterocycles. The zero-order chi connectivity index (χ0) is 26.2. The molecule has 6 rings (SSSR count). The van der Waals surface area contributed by atoms with Crippen molar-refractivity contribution in [3.05, 3.63) is 41.7 Å². The second kappa shape index (κ2) is 10.3. The van der Waals surface area contributed by atoms with Gasteiger partial charge in [-0.05, 0) is 64.8 Å². The van der Waals surface area contributed by atoms with Gasteiger partial charge in [-0.15, -0.1) is 0 Å². The van der Waals surface area contributed by atoms with E-state index >= 15 is 0 Å². The molecule has 0 spiro atoms. The number of benzene rings is 1. The predicted molar refractivity (Wildman–Crippen MR) is 150 cm³/mol. The highest BCUT2D eigenvalue weighted by Gasteiger charge is 2.26. The van der Waals surface area contributed by atoms with Crippen LogP contribution < -0.4 is 15.5 Å². The summed E-state index contributed by atoms with van der Waals surface area (Å²) in [6.45, 7) is 11.6. The third kappa shape index (κ3) is 4.52. The van der Waals surface area contributed by atoms with E-state index in [2.05, 4.69) is 53.1 Å². The smallest absolute Gasteiger partial charge is 0.239 e. The molecule has 200 valence electrons. The summed E-state index contributed by atoms with van der Waals surface area (Å²) >= 11 is 0. The van der Waals surface area contributed by atoms with E-state index in [1.807, 2.05) is 29.8 Å². The molecule has 2 aliphatic heterocycles. The number of hydrogen-bond acceptors (Lipinski definition) is 8. The molecule has 0 saturated carbocycles. The number of imidazole rings is 1. The minimum absolute atomic E-state index is 0.214. The maximum Gasteiger partial charge on any atom is 0.239 e. The molecule has 10 nitrogen and oxygen atoms in total. The van der Waals surface area contributed by atoms with Gasteiger partial charge in [0.15, 0.2) is 0 Å². The molecule has 5 heterocycles. The van der Waals surface area contributed by atoms with Gasteiger partial charge in [-0.3, -0.25) is 4.68 Å². The van der Waals surface area contributed by atoms with Crippen LogP contribution >= 0.6 is 0 Å². The van der Waals surface area contributed by atoms with Gasteiger partial charge in [0, 0.05) is 37.5 Å². The Balaban J connectivity index is 1.50. The van der Waals surface area contributed by atoms with Crippen molar-refractivity contribution in [3.8, 4) is 17.2 Å². The van der Waals surface area contributed by atoms with E-state index in [-0.39, 0.29) is 6.04 Å². The van der Waals surface area contributed by atoms with E-state index in [0.717, 1.165) is 65.7 Å². The third-order valence-electron chi connectivity index (χ3n) is 7.81.